The number of benzene rings is 2. The lowest BCUT2D eigenvalue weighted by Crippen LogP contribution is -2.49. The lowest BCUT2D eigenvalue weighted by molar-refractivity contribution is 0.142. The first-order chi connectivity index (χ1) is 16.5. The highest BCUT2D eigenvalue weighted by Gasteiger charge is 2.34. The molecule has 0 radical (unpaired) electrons. The molecule has 174 valence electrons. The minimum absolute atomic E-state index is 0.0499. The Labute approximate surface area is 196 Å². The predicted octanol–water partition coefficient (Wildman–Crippen LogP) is 4.09. The van der Waals surface area contributed by atoms with Crippen LogP contribution in [0, 0.1) is 13.8 Å². The molecular formula is C25H25N5O4. The summed E-state index contributed by atoms with van der Waals surface area (Å²) in [5.41, 5.74) is 5.63. The highest BCUT2D eigenvalue weighted by molar-refractivity contribution is 5.94. The zero-order valence-corrected chi connectivity index (χ0v) is 19.1. The van der Waals surface area contributed by atoms with Gasteiger partial charge in [-0.3, -0.25) is 4.57 Å². The van der Waals surface area contributed by atoms with Crippen LogP contribution in [0.15, 0.2) is 47.0 Å². The summed E-state index contributed by atoms with van der Waals surface area (Å²) in [4.78, 5) is 20.1. The van der Waals surface area contributed by atoms with Gasteiger partial charge in [0, 0.05) is 31.7 Å². The van der Waals surface area contributed by atoms with E-state index in [-0.39, 0.29) is 6.04 Å². The van der Waals surface area contributed by atoms with E-state index in [1.54, 1.807) is 0 Å². The molecule has 1 unspecified atom stereocenters. The summed E-state index contributed by atoms with van der Waals surface area (Å²) < 4.78 is 14.1. The molecule has 0 bridgehead atoms. The number of nitrogens with zero attached hydrogens (tertiary/aromatic N) is 5. The fraction of sp³-hybridized carbons (Fsp3) is 0.320. The van der Waals surface area contributed by atoms with Gasteiger partial charge in [-0.25, -0.2) is 9.78 Å². The van der Waals surface area contributed by atoms with Crippen LogP contribution in [0.25, 0.3) is 22.2 Å². The minimum Gasteiger partial charge on any atom is -0.488 e. The van der Waals surface area contributed by atoms with Crippen molar-refractivity contribution in [2.24, 2.45) is 0 Å². The van der Waals surface area contributed by atoms with Gasteiger partial charge in [-0.05, 0) is 31.5 Å². The molecule has 1 atom stereocenters. The zero-order chi connectivity index (χ0) is 23.4. The van der Waals surface area contributed by atoms with Crippen LogP contribution in [0.1, 0.15) is 23.1 Å². The van der Waals surface area contributed by atoms with E-state index in [4.69, 9.17) is 14.2 Å². The number of hydrogen-bond donors (Lipinski definition) is 1. The molecule has 34 heavy (non-hydrogen) atoms. The Balaban J connectivity index is 1.54. The Morgan fingerprint density at radius 1 is 1.06 bits per heavy atom. The number of anilines is 1. The second-order valence-electron chi connectivity index (χ2n) is 8.79. The number of imidazole rings is 1. The van der Waals surface area contributed by atoms with E-state index in [2.05, 4.69) is 26.8 Å². The van der Waals surface area contributed by atoms with Crippen LogP contribution >= 0.6 is 0 Å². The lowest BCUT2D eigenvalue weighted by Gasteiger charge is -2.36. The van der Waals surface area contributed by atoms with Gasteiger partial charge in [0.15, 0.2) is 5.75 Å². The van der Waals surface area contributed by atoms with Gasteiger partial charge in [-0.2, -0.15) is 0 Å². The normalized spacial score (nSPS) is 17.8. The van der Waals surface area contributed by atoms with Crippen LogP contribution in [-0.2, 0) is 0 Å². The maximum atomic E-state index is 11.4. The van der Waals surface area contributed by atoms with Crippen molar-refractivity contribution in [2.45, 2.75) is 19.9 Å². The number of aryl methyl sites for hydroxylation is 2. The third-order valence-corrected chi connectivity index (χ3v) is 6.80. The fourth-order valence-corrected chi connectivity index (χ4v) is 5.13. The van der Waals surface area contributed by atoms with Crippen molar-refractivity contribution in [3.63, 3.8) is 0 Å². The van der Waals surface area contributed by atoms with Crippen LogP contribution in [0.5, 0.6) is 5.75 Å². The van der Waals surface area contributed by atoms with Crippen molar-refractivity contribution in [2.75, 3.05) is 37.7 Å². The molecule has 9 nitrogen and oxygen atoms in total. The Morgan fingerprint density at radius 2 is 1.82 bits per heavy atom. The first-order valence-corrected chi connectivity index (χ1v) is 11.4. The van der Waals surface area contributed by atoms with Crippen molar-refractivity contribution < 1.29 is 19.2 Å². The summed E-state index contributed by atoms with van der Waals surface area (Å²) >= 11 is 0. The molecule has 2 aromatic carbocycles. The number of ether oxygens (including phenoxy) is 1. The van der Waals surface area contributed by atoms with Crippen molar-refractivity contribution in [1.29, 1.82) is 0 Å². The summed E-state index contributed by atoms with van der Waals surface area (Å²) in [5.74, 6) is 2.37. The third-order valence-electron chi connectivity index (χ3n) is 6.80. The molecule has 1 amide bonds. The van der Waals surface area contributed by atoms with Gasteiger partial charge in [0.25, 0.3) is 0 Å². The second kappa shape index (κ2) is 7.79. The van der Waals surface area contributed by atoms with Gasteiger partial charge >= 0.3 is 6.09 Å². The molecule has 0 spiro atoms. The molecular weight excluding hydrogens is 434 g/mol. The maximum Gasteiger partial charge on any atom is 0.407 e. The number of amides is 1. The van der Waals surface area contributed by atoms with E-state index < -0.39 is 6.09 Å². The molecule has 0 saturated carbocycles. The SMILES string of the molecule is Cc1noc(C)c1-c1ccc2nc(N3CCN(C(=O)O)CC3)n3c2c1OCC3c1ccccc1. The molecule has 2 aliphatic heterocycles. The highest BCUT2D eigenvalue weighted by atomic mass is 16.5. The maximum absolute atomic E-state index is 11.4. The second-order valence-corrected chi connectivity index (χ2v) is 8.79. The number of aromatic nitrogens is 3. The van der Waals surface area contributed by atoms with Crippen LogP contribution in [0.3, 0.4) is 0 Å². The molecule has 2 aromatic heterocycles. The smallest absolute Gasteiger partial charge is 0.407 e. The number of carbonyl (C=O) groups is 1. The number of carboxylic acid groups (broad SMARTS) is 1. The molecule has 1 saturated heterocycles. The van der Waals surface area contributed by atoms with E-state index in [0.29, 0.717) is 32.8 Å². The zero-order valence-electron chi connectivity index (χ0n) is 19.1. The first kappa shape index (κ1) is 20.6. The summed E-state index contributed by atoms with van der Waals surface area (Å²) in [6.07, 6.45) is -0.878. The molecule has 0 aliphatic carbocycles. The number of hydrogen-bond acceptors (Lipinski definition) is 6. The largest absolute Gasteiger partial charge is 0.488 e. The Hall–Kier alpha value is -4.01. The van der Waals surface area contributed by atoms with Crippen LogP contribution in [0.4, 0.5) is 10.7 Å². The standard InChI is InChI=1S/C25H25N5O4/c1-15-21(16(2)34-27-15)18-8-9-19-22-23(18)33-14-20(17-6-4-3-5-7-17)30(22)24(26-19)28-10-12-29(13-11-28)25(31)32/h3-9,20H,10-14H2,1-2H3,(H,31,32). The van der Waals surface area contributed by atoms with Crippen LogP contribution < -0.4 is 9.64 Å². The highest BCUT2D eigenvalue weighted by Crippen LogP contribution is 2.46. The molecule has 1 fully saturated rings. The van der Waals surface area contributed by atoms with E-state index in [0.717, 1.165) is 50.9 Å². The molecule has 1 N–H and O–H groups in total. The van der Waals surface area contributed by atoms with Gasteiger partial charge in [0.2, 0.25) is 5.95 Å². The van der Waals surface area contributed by atoms with Crippen LogP contribution in [-0.4, -0.2) is 63.6 Å². The third kappa shape index (κ3) is 3.11. The van der Waals surface area contributed by atoms with E-state index >= 15 is 0 Å². The molecule has 6 rings (SSSR count). The van der Waals surface area contributed by atoms with Gasteiger partial charge in [0.05, 0.1) is 22.8 Å². The lowest BCUT2D eigenvalue weighted by atomic mass is 10.00. The molecule has 4 heterocycles. The summed E-state index contributed by atoms with van der Waals surface area (Å²) in [6.45, 7) is 6.37. The summed E-state index contributed by atoms with van der Waals surface area (Å²) in [5, 5.41) is 13.5. The van der Waals surface area contributed by atoms with Crippen molar-refractivity contribution in [1.82, 2.24) is 19.6 Å². The minimum atomic E-state index is -0.878. The number of piperazine rings is 1. The van der Waals surface area contributed by atoms with Gasteiger partial charge in [-0.1, -0.05) is 35.5 Å². The molecule has 9 heteroatoms. The topological polar surface area (TPSA) is 96.9 Å². The average Bonchev–Trinajstić information content (AvgIpc) is 3.41. The predicted molar refractivity (Wildman–Crippen MR) is 127 cm³/mol. The van der Waals surface area contributed by atoms with Crippen molar-refractivity contribution in [3.8, 4) is 16.9 Å². The van der Waals surface area contributed by atoms with Gasteiger partial charge in [0.1, 0.15) is 17.9 Å². The Bertz CT molecular complexity index is 1370. The Kier molecular flexibility index (Phi) is 4.72. The summed E-state index contributed by atoms with van der Waals surface area (Å²) in [6, 6.07) is 14.3. The first-order valence-electron chi connectivity index (χ1n) is 11.4. The van der Waals surface area contributed by atoms with Gasteiger partial charge < -0.3 is 24.2 Å². The van der Waals surface area contributed by atoms with Crippen molar-refractivity contribution >= 4 is 23.1 Å². The van der Waals surface area contributed by atoms with Gasteiger partial charge in [-0.15, -0.1) is 0 Å². The average molecular weight is 460 g/mol. The number of rotatable bonds is 3. The summed E-state index contributed by atoms with van der Waals surface area (Å²) in [7, 11) is 0. The van der Waals surface area contributed by atoms with E-state index in [1.807, 2.05) is 44.2 Å². The van der Waals surface area contributed by atoms with E-state index in [1.165, 1.54) is 4.90 Å². The van der Waals surface area contributed by atoms with Crippen molar-refractivity contribution in [3.05, 3.63) is 59.5 Å². The fourth-order valence-electron chi connectivity index (χ4n) is 5.13. The Morgan fingerprint density at radius 3 is 2.50 bits per heavy atom. The van der Waals surface area contributed by atoms with E-state index in [9.17, 15) is 9.90 Å². The monoisotopic (exact) mass is 459 g/mol. The molecule has 2 aliphatic rings. The quantitative estimate of drug-likeness (QED) is 0.493. The molecule has 4 aromatic rings. The van der Waals surface area contributed by atoms with Crippen LogP contribution in [0.2, 0.25) is 0 Å².